The molecule has 0 aromatic carbocycles. The Labute approximate surface area is 124 Å². The summed E-state index contributed by atoms with van der Waals surface area (Å²) < 4.78 is 21.4. The van der Waals surface area contributed by atoms with Crippen LogP contribution < -0.4 is 11.3 Å². The van der Waals surface area contributed by atoms with Gasteiger partial charge in [0.05, 0.1) is 29.5 Å². The molecule has 0 aliphatic heterocycles. The zero-order valence-corrected chi connectivity index (χ0v) is 12.5. The number of nitrogens with two attached hydrogens (primary N) is 1. The standard InChI is InChI=1S/C12H15BrFN5O/c1-20-6-5-19-12(8(13)7-17-19)11(18-15)10-9(14)3-2-4-16-10/h2-4,7,11,18H,5-6,15H2,1H3. The molecule has 0 saturated carbocycles. The maximum atomic E-state index is 13.9. The van der Waals surface area contributed by atoms with E-state index < -0.39 is 11.9 Å². The number of hydrogen-bond acceptors (Lipinski definition) is 5. The predicted octanol–water partition coefficient (Wildman–Crippen LogP) is 1.38. The summed E-state index contributed by atoms with van der Waals surface area (Å²) in [5.41, 5.74) is 3.50. The van der Waals surface area contributed by atoms with Crippen LogP contribution in [0.25, 0.3) is 0 Å². The lowest BCUT2D eigenvalue weighted by atomic mass is 10.1. The maximum Gasteiger partial charge on any atom is 0.146 e. The number of rotatable bonds is 6. The van der Waals surface area contributed by atoms with Gasteiger partial charge in [0.25, 0.3) is 0 Å². The quantitative estimate of drug-likeness (QED) is 0.612. The number of nitrogens with zero attached hydrogens (tertiary/aromatic N) is 3. The van der Waals surface area contributed by atoms with Gasteiger partial charge in [0.15, 0.2) is 0 Å². The smallest absolute Gasteiger partial charge is 0.146 e. The van der Waals surface area contributed by atoms with Crippen molar-refractivity contribution in [2.75, 3.05) is 13.7 Å². The molecule has 8 heteroatoms. The zero-order valence-electron chi connectivity index (χ0n) is 10.9. The van der Waals surface area contributed by atoms with E-state index in [1.165, 1.54) is 18.3 Å². The van der Waals surface area contributed by atoms with Gasteiger partial charge in [0.1, 0.15) is 17.6 Å². The molecule has 3 N–H and O–H groups in total. The Morgan fingerprint density at radius 1 is 1.60 bits per heavy atom. The van der Waals surface area contributed by atoms with Crippen LogP contribution in [0, 0.1) is 5.82 Å². The summed E-state index contributed by atoms with van der Waals surface area (Å²) in [7, 11) is 1.61. The van der Waals surface area contributed by atoms with Crippen LogP contribution in [-0.2, 0) is 11.3 Å². The molecule has 2 rings (SSSR count). The van der Waals surface area contributed by atoms with Crippen LogP contribution in [0.4, 0.5) is 4.39 Å². The number of aromatic nitrogens is 3. The molecule has 20 heavy (non-hydrogen) atoms. The third kappa shape index (κ3) is 3.04. The van der Waals surface area contributed by atoms with E-state index in [2.05, 4.69) is 31.4 Å². The van der Waals surface area contributed by atoms with Crippen LogP contribution in [0.5, 0.6) is 0 Å². The zero-order chi connectivity index (χ0) is 14.5. The summed E-state index contributed by atoms with van der Waals surface area (Å²) in [6.45, 7) is 1.02. The lowest BCUT2D eigenvalue weighted by Crippen LogP contribution is -2.32. The second kappa shape index (κ2) is 6.89. The summed E-state index contributed by atoms with van der Waals surface area (Å²) >= 11 is 3.40. The summed E-state index contributed by atoms with van der Waals surface area (Å²) in [5.74, 6) is 5.15. The van der Waals surface area contributed by atoms with Gasteiger partial charge in [-0.3, -0.25) is 15.5 Å². The van der Waals surface area contributed by atoms with Gasteiger partial charge in [-0.2, -0.15) is 5.10 Å². The molecule has 0 spiro atoms. The van der Waals surface area contributed by atoms with E-state index in [1.54, 1.807) is 18.0 Å². The maximum absolute atomic E-state index is 13.9. The first-order valence-electron chi connectivity index (χ1n) is 5.95. The molecule has 0 aliphatic rings. The highest BCUT2D eigenvalue weighted by Crippen LogP contribution is 2.28. The monoisotopic (exact) mass is 343 g/mol. The van der Waals surface area contributed by atoms with E-state index in [0.29, 0.717) is 18.8 Å². The Morgan fingerprint density at radius 3 is 3.05 bits per heavy atom. The number of methoxy groups -OCH3 is 1. The van der Waals surface area contributed by atoms with Gasteiger partial charge in [0, 0.05) is 13.3 Å². The number of halogens is 2. The summed E-state index contributed by atoms with van der Waals surface area (Å²) in [5, 5.41) is 4.22. The van der Waals surface area contributed by atoms with Gasteiger partial charge < -0.3 is 4.74 Å². The molecule has 0 fully saturated rings. The van der Waals surface area contributed by atoms with E-state index in [-0.39, 0.29) is 5.69 Å². The molecular formula is C12H15BrFN5O. The van der Waals surface area contributed by atoms with Crippen LogP contribution in [0.2, 0.25) is 0 Å². The van der Waals surface area contributed by atoms with Crippen molar-refractivity contribution in [3.05, 3.63) is 46.2 Å². The van der Waals surface area contributed by atoms with Crippen molar-refractivity contribution in [1.82, 2.24) is 20.2 Å². The molecule has 0 aliphatic carbocycles. The number of hydrogen-bond donors (Lipinski definition) is 2. The van der Waals surface area contributed by atoms with Gasteiger partial charge in [0.2, 0.25) is 0 Å². The fraction of sp³-hybridized carbons (Fsp3) is 0.333. The Bertz CT molecular complexity index is 577. The number of pyridine rings is 1. The molecule has 0 radical (unpaired) electrons. The SMILES string of the molecule is COCCn1ncc(Br)c1C(NN)c1ncccc1F. The van der Waals surface area contributed by atoms with E-state index >= 15 is 0 Å². The van der Waals surface area contributed by atoms with Gasteiger partial charge >= 0.3 is 0 Å². The van der Waals surface area contributed by atoms with Crippen molar-refractivity contribution >= 4 is 15.9 Å². The molecule has 1 atom stereocenters. The van der Waals surface area contributed by atoms with Gasteiger partial charge in [-0.15, -0.1) is 0 Å². The van der Waals surface area contributed by atoms with E-state index in [0.717, 1.165) is 4.47 Å². The summed E-state index contributed by atoms with van der Waals surface area (Å²) in [4.78, 5) is 4.06. The van der Waals surface area contributed by atoms with E-state index in [9.17, 15) is 4.39 Å². The van der Waals surface area contributed by atoms with Crippen molar-refractivity contribution in [3.63, 3.8) is 0 Å². The fourth-order valence-electron chi connectivity index (χ4n) is 1.91. The van der Waals surface area contributed by atoms with Crippen molar-refractivity contribution in [1.29, 1.82) is 0 Å². The third-order valence-electron chi connectivity index (χ3n) is 2.84. The lowest BCUT2D eigenvalue weighted by Gasteiger charge is -2.18. The Hall–Kier alpha value is -1.35. The molecule has 2 heterocycles. The van der Waals surface area contributed by atoms with Crippen LogP contribution in [0.15, 0.2) is 29.0 Å². The highest BCUT2D eigenvalue weighted by atomic mass is 79.9. The minimum atomic E-state index is -0.607. The van der Waals surface area contributed by atoms with Crippen LogP contribution in [-0.4, -0.2) is 28.5 Å². The third-order valence-corrected chi connectivity index (χ3v) is 3.45. The molecule has 1 unspecified atom stereocenters. The second-order valence-corrected chi connectivity index (χ2v) is 4.92. The lowest BCUT2D eigenvalue weighted by molar-refractivity contribution is 0.182. The topological polar surface area (TPSA) is 78.0 Å². The average Bonchev–Trinajstić information content (AvgIpc) is 2.81. The Balaban J connectivity index is 2.42. The number of nitrogens with one attached hydrogen (secondary N) is 1. The second-order valence-electron chi connectivity index (χ2n) is 4.06. The minimum Gasteiger partial charge on any atom is -0.383 e. The van der Waals surface area contributed by atoms with Crippen molar-refractivity contribution in [3.8, 4) is 0 Å². The normalized spacial score (nSPS) is 12.6. The molecule has 2 aromatic rings. The molecular weight excluding hydrogens is 329 g/mol. The largest absolute Gasteiger partial charge is 0.383 e. The molecule has 0 bridgehead atoms. The van der Waals surface area contributed by atoms with Crippen LogP contribution >= 0.6 is 15.9 Å². The van der Waals surface area contributed by atoms with Gasteiger partial charge in [-0.1, -0.05) is 0 Å². The first-order valence-corrected chi connectivity index (χ1v) is 6.75. The first-order chi connectivity index (χ1) is 9.69. The van der Waals surface area contributed by atoms with Gasteiger partial charge in [-0.25, -0.2) is 9.82 Å². The highest BCUT2D eigenvalue weighted by molar-refractivity contribution is 9.10. The van der Waals surface area contributed by atoms with Crippen LogP contribution in [0.3, 0.4) is 0 Å². The minimum absolute atomic E-state index is 0.217. The molecule has 6 nitrogen and oxygen atoms in total. The molecule has 0 amide bonds. The number of hydrazine groups is 1. The van der Waals surface area contributed by atoms with E-state index in [4.69, 9.17) is 10.6 Å². The predicted molar refractivity (Wildman–Crippen MR) is 75.2 cm³/mol. The molecule has 0 saturated heterocycles. The van der Waals surface area contributed by atoms with E-state index in [1.807, 2.05) is 0 Å². The van der Waals surface area contributed by atoms with Crippen molar-refractivity contribution in [2.24, 2.45) is 5.84 Å². The summed E-state index contributed by atoms with van der Waals surface area (Å²) in [6.07, 6.45) is 3.16. The van der Waals surface area contributed by atoms with Crippen LogP contribution in [0.1, 0.15) is 17.4 Å². The first kappa shape index (κ1) is 15.0. The molecule has 2 aromatic heterocycles. The van der Waals surface area contributed by atoms with Crippen molar-refractivity contribution in [2.45, 2.75) is 12.6 Å². The highest BCUT2D eigenvalue weighted by Gasteiger charge is 2.24. The fourth-order valence-corrected chi connectivity index (χ4v) is 2.44. The Kier molecular flexibility index (Phi) is 5.18. The van der Waals surface area contributed by atoms with Crippen molar-refractivity contribution < 1.29 is 9.13 Å². The average molecular weight is 344 g/mol. The molecule has 108 valence electrons. The number of ether oxygens (including phenoxy) is 1. The van der Waals surface area contributed by atoms with Gasteiger partial charge in [-0.05, 0) is 28.1 Å². The Morgan fingerprint density at radius 2 is 2.40 bits per heavy atom. The summed E-state index contributed by atoms with van der Waals surface area (Å²) in [6, 6.07) is 2.27.